The number of nitrogens with one attached hydrogen (secondary N) is 2. The highest BCUT2D eigenvalue weighted by Crippen LogP contribution is 2.41. The maximum atomic E-state index is 13.2. The molecule has 0 saturated carbocycles. The molecule has 0 spiro atoms. The molecule has 1 aliphatic rings. The van der Waals surface area contributed by atoms with E-state index in [9.17, 15) is 19.1 Å². The van der Waals surface area contributed by atoms with Gasteiger partial charge in [0.25, 0.3) is 0 Å². The number of aromatic carboxylic acids is 1. The molecule has 8 nitrogen and oxygen atoms in total. The van der Waals surface area contributed by atoms with Crippen LogP contribution in [0.15, 0.2) is 83.4 Å². The molecule has 39 heavy (non-hydrogen) atoms. The Morgan fingerprint density at radius 1 is 1.13 bits per heavy atom. The van der Waals surface area contributed by atoms with Crippen molar-refractivity contribution in [2.75, 3.05) is 11.9 Å². The molecule has 11 heteroatoms. The fourth-order valence-corrected chi connectivity index (χ4v) is 4.98. The van der Waals surface area contributed by atoms with E-state index >= 15 is 0 Å². The van der Waals surface area contributed by atoms with Gasteiger partial charge in [-0.15, -0.1) is 0 Å². The molecule has 1 saturated heterocycles. The van der Waals surface area contributed by atoms with Crippen molar-refractivity contribution in [3.8, 4) is 11.3 Å². The molecular weight excluding hydrogens is 543 g/mol. The van der Waals surface area contributed by atoms with Crippen molar-refractivity contribution in [2.45, 2.75) is 18.5 Å². The molecule has 1 amide bonds. The predicted molar refractivity (Wildman–Crippen MR) is 148 cm³/mol. The van der Waals surface area contributed by atoms with Gasteiger partial charge in [0, 0.05) is 30.4 Å². The zero-order valence-electron chi connectivity index (χ0n) is 20.3. The fraction of sp³-hybridized carbons (Fsp3) is 0.143. The first kappa shape index (κ1) is 26.3. The smallest absolute Gasteiger partial charge is 0.335 e. The first-order chi connectivity index (χ1) is 18.8. The number of furan rings is 1. The molecule has 2 atom stereocenters. The molecule has 2 aromatic carbocycles. The Bertz CT molecular complexity index is 1530. The monoisotopic (exact) mass is 564 g/mol. The van der Waals surface area contributed by atoms with E-state index in [1.165, 1.54) is 42.5 Å². The number of carbonyl (C=O) groups is 2. The zero-order chi connectivity index (χ0) is 27.5. The summed E-state index contributed by atoms with van der Waals surface area (Å²) in [6.45, 7) is 0.262. The van der Waals surface area contributed by atoms with Crippen LogP contribution in [0.4, 0.5) is 10.1 Å². The van der Waals surface area contributed by atoms with Gasteiger partial charge in [-0.05, 0) is 78.9 Å². The van der Waals surface area contributed by atoms with E-state index in [0.717, 1.165) is 5.69 Å². The van der Waals surface area contributed by atoms with Crippen LogP contribution < -0.4 is 10.6 Å². The van der Waals surface area contributed by atoms with Gasteiger partial charge in [0.1, 0.15) is 23.4 Å². The number of pyridine rings is 1. The van der Waals surface area contributed by atoms with Crippen molar-refractivity contribution >= 4 is 46.5 Å². The van der Waals surface area contributed by atoms with Crippen LogP contribution in [0.5, 0.6) is 0 Å². The molecule has 1 fully saturated rings. The number of benzene rings is 2. The summed E-state index contributed by atoms with van der Waals surface area (Å²) in [5.74, 6) is -0.806. The average molecular weight is 565 g/mol. The first-order valence-electron chi connectivity index (χ1n) is 12.0. The quantitative estimate of drug-likeness (QED) is 0.229. The number of rotatable bonds is 8. The molecular formula is C28H22ClFN4O4S. The second-order valence-electron chi connectivity index (χ2n) is 8.83. The van der Waals surface area contributed by atoms with Gasteiger partial charge in [-0.3, -0.25) is 9.78 Å². The van der Waals surface area contributed by atoms with Crippen LogP contribution in [-0.4, -0.2) is 38.5 Å². The van der Waals surface area contributed by atoms with Crippen LogP contribution >= 0.6 is 23.8 Å². The van der Waals surface area contributed by atoms with Crippen molar-refractivity contribution in [3.63, 3.8) is 0 Å². The van der Waals surface area contributed by atoms with Gasteiger partial charge in [0.15, 0.2) is 5.11 Å². The van der Waals surface area contributed by atoms with Gasteiger partial charge < -0.3 is 25.1 Å². The Morgan fingerprint density at radius 2 is 1.92 bits per heavy atom. The Kier molecular flexibility index (Phi) is 7.58. The lowest BCUT2D eigenvalue weighted by Crippen LogP contribution is -2.32. The van der Waals surface area contributed by atoms with Crippen molar-refractivity contribution in [1.82, 2.24) is 15.2 Å². The largest absolute Gasteiger partial charge is 0.478 e. The lowest BCUT2D eigenvalue weighted by molar-refractivity contribution is -0.116. The standard InChI is InChI=1S/C28H22ClFN4O4S/c29-20-9-4-16(27(36)37)15-19(20)22-10-11-23(38-22)26-25(21-3-1-2-13-31-21)33-28(39)34(26)14-12-24(35)32-18-7-5-17(30)6-8-18/h1-11,13,15,25-26H,12,14H2,(H,32,35)(H,33,39)(H,36,37)/t25-,26-/m1/s1. The highest BCUT2D eigenvalue weighted by Gasteiger charge is 2.41. The summed E-state index contributed by atoms with van der Waals surface area (Å²) in [5, 5.41) is 16.2. The third-order valence-corrected chi connectivity index (χ3v) is 6.98. The predicted octanol–water partition coefficient (Wildman–Crippen LogP) is 5.83. The Labute approximate surface area is 233 Å². The Morgan fingerprint density at radius 3 is 2.64 bits per heavy atom. The van der Waals surface area contributed by atoms with Crippen LogP contribution in [0.3, 0.4) is 0 Å². The molecule has 5 rings (SSSR count). The van der Waals surface area contributed by atoms with Crippen molar-refractivity contribution in [3.05, 3.63) is 107 Å². The number of carboxylic acids is 1. The van der Waals surface area contributed by atoms with Crippen LogP contribution in [-0.2, 0) is 4.79 Å². The molecule has 0 bridgehead atoms. The Balaban J connectivity index is 1.42. The maximum Gasteiger partial charge on any atom is 0.335 e. The molecule has 1 aliphatic heterocycles. The molecule has 2 aromatic heterocycles. The summed E-state index contributed by atoms with van der Waals surface area (Å²) >= 11 is 12.0. The van der Waals surface area contributed by atoms with Gasteiger partial charge in [0.2, 0.25) is 5.91 Å². The summed E-state index contributed by atoms with van der Waals surface area (Å²) in [6, 6.07) is 18.1. The molecule has 0 radical (unpaired) electrons. The van der Waals surface area contributed by atoms with Crippen LogP contribution in [0.2, 0.25) is 5.02 Å². The van der Waals surface area contributed by atoms with Crippen molar-refractivity contribution < 1.29 is 23.5 Å². The minimum absolute atomic E-state index is 0.0798. The molecule has 4 aromatic rings. The van der Waals surface area contributed by atoms with Crippen molar-refractivity contribution in [2.24, 2.45) is 0 Å². The summed E-state index contributed by atoms with van der Waals surface area (Å²) in [7, 11) is 0. The van der Waals surface area contributed by atoms with E-state index in [2.05, 4.69) is 15.6 Å². The summed E-state index contributed by atoms with van der Waals surface area (Å²) < 4.78 is 19.4. The highest BCUT2D eigenvalue weighted by molar-refractivity contribution is 7.80. The fourth-order valence-electron chi connectivity index (χ4n) is 4.44. The minimum Gasteiger partial charge on any atom is -0.478 e. The number of carboxylic acid groups (broad SMARTS) is 1. The van der Waals surface area contributed by atoms with Gasteiger partial charge in [-0.1, -0.05) is 17.7 Å². The number of hydrogen-bond acceptors (Lipinski definition) is 5. The lowest BCUT2D eigenvalue weighted by atomic mass is 10.0. The van der Waals surface area contributed by atoms with Crippen molar-refractivity contribution in [1.29, 1.82) is 0 Å². The number of aromatic nitrogens is 1. The summed E-state index contributed by atoms with van der Waals surface area (Å²) in [6.07, 6.45) is 1.78. The molecule has 0 aliphatic carbocycles. The third kappa shape index (κ3) is 5.76. The van der Waals surface area contributed by atoms with Gasteiger partial charge >= 0.3 is 5.97 Å². The third-order valence-electron chi connectivity index (χ3n) is 6.30. The number of nitrogens with zero attached hydrogens (tertiary/aromatic N) is 2. The number of halogens is 2. The van der Waals surface area contributed by atoms with E-state index in [1.54, 1.807) is 18.3 Å². The SMILES string of the molecule is O=C(CCN1C(=S)N[C@H](c2ccccn2)[C@H]1c1ccc(-c2cc(C(=O)O)ccc2Cl)o1)Nc1ccc(F)cc1. The Hall–Kier alpha value is -4.28. The summed E-state index contributed by atoms with van der Waals surface area (Å²) in [4.78, 5) is 30.5. The van der Waals surface area contributed by atoms with E-state index in [-0.39, 0.29) is 30.5 Å². The second kappa shape index (κ2) is 11.2. The lowest BCUT2D eigenvalue weighted by Gasteiger charge is -2.25. The number of anilines is 1. The number of amides is 1. The van der Waals surface area contributed by atoms with Gasteiger partial charge in [-0.2, -0.15) is 0 Å². The number of thiocarbonyl (C=S) groups is 1. The zero-order valence-corrected chi connectivity index (χ0v) is 21.9. The van der Waals surface area contributed by atoms with E-state index in [4.69, 9.17) is 28.2 Å². The van der Waals surface area contributed by atoms with Crippen LogP contribution in [0, 0.1) is 5.82 Å². The van der Waals surface area contributed by atoms with Gasteiger partial charge in [-0.25, -0.2) is 9.18 Å². The molecule has 3 heterocycles. The summed E-state index contributed by atoms with van der Waals surface area (Å²) in [5.41, 5.74) is 1.74. The van der Waals surface area contributed by atoms with E-state index < -0.39 is 17.8 Å². The van der Waals surface area contributed by atoms with E-state index in [1.807, 2.05) is 23.1 Å². The van der Waals surface area contributed by atoms with Crippen LogP contribution in [0.1, 0.15) is 40.3 Å². The van der Waals surface area contributed by atoms with Gasteiger partial charge in [0.05, 0.1) is 22.3 Å². The maximum absolute atomic E-state index is 13.2. The number of carbonyl (C=O) groups excluding carboxylic acids is 1. The average Bonchev–Trinajstić information content (AvgIpc) is 3.54. The molecule has 0 unspecified atom stereocenters. The number of hydrogen-bond donors (Lipinski definition) is 3. The highest BCUT2D eigenvalue weighted by atomic mass is 35.5. The normalized spacial score (nSPS) is 16.7. The molecule has 198 valence electrons. The van der Waals surface area contributed by atoms with Crippen LogP contribution in [0.25, 0.3) is 11.3 Å². The van der Waals surface area contributed by atoms with E-state index in [0.29, 0.717) is 32.9 Å². The second-order valence-corrected chi connectivity index (χ2v) is 9.62. The topological polar surface area (TPSA) is 108 Å². The molecule has 3 N–H and O–H groups in total. The first-order valence-corrected chi connectivity index (χ1v) is 12.7. The minimum atomic E-state index is -1.08.